The molecular weight excluding hydrogens is 368 g/mol. The highest BCUT2D eigenvalue weighted by atomic mass is 32.2. The van der Waals surface area contributed by atoms with E-state index in [1.165, 1.54) is 5.56 Å². The van der Waals surface area contributed by atoms with Gasteiger partial charge in [0.2, 0.25) is 11.8 Å². The first kappa shape index (κ1) is 22.0. The molecule has 5 heteroatoms. The van der Waals surface area contributed by atoms with Crippen molar-refractivity contribution in [2.24, 2.45) is 0 Å². The molecule has 150 valence electrons. The lowest BCUT2D eigenvalue weighted by atomic mass is 10.1. The summed E-state index contributed by atoms with van der Waals surface area (Å²) in [5, 5.41) is 2.91. The zero-order chi connectivity index (χ0) is 20.4. The maximum absolute atomic E-state index is 13.0. The van der Waals surface area contributed by atoms with Crippen LogP contribution in [0.2, 0.25) is 0 Å². The van der Waals surface area contributed by atoms with Crippen molar-refractivity contribution in [1.82, 2.24) is 10.2 Å². The molecular formula is C23H30N2O2S. The summed E-state index contributed by atoms with van der Waals surface area (Å²) in [7, 11) is 0. The number of carbonyl (C=O) groups excluding carboxylic acids is 2. The third-order valence-electron chi connectivity index (χ3n) is 4.66. The van der Waals surface area contributed by atoms with Gasteiger partial charge in [0, 0.05) is 18.8 Å². The average Bonchev–Trinajstić information content (AvgIpc) is 2.71. The standard InChI is InChI=1S/C23H30N2O2S/c1-4-14-24-23(27)19(3)25(15-21-13-9-8-10-18(21)2)22(26)17-28-16-20-11-6-5-7-12-20/h5-13,19H,4,14-17H2,1-3H3,(H,24,27)/t19-/m1/s1. The van der Waals surface area contributed by atoms with Crippen molar-refractivity contribution in [2.75, 3.05) is 12.3 Å². The van der Waals surface area contributed by atoms with E-state index in [4.69, 9.17) is 0 Å². The van der Waals surface area contributed by atoms with E-state index >= 15 is 0 Å². The summed E-state index contributed by atoms with van der Waals surface area (Å²) in [6.45, 7) is 6.92. The number of thioether (sulfide) groups is 1. The van der Waals surface area contributed by atoms with Gasteiger partial charge >= 0.3 is 0 Å². The fourth-order valence-corrected chi connectivity index (χ4v) is 3.73. The van der Waals surface area contributed by atoms with Gasteiger partial charge in [-0.05, 0) is 37.0 Å². The predicted molar refractivity (Wildman–Crippen MR) is 117 cm³/mol. The number of carbonyl (C=O) groups is 2. The quantitative estimate of drug-likeness (QED) is 0.653. The highest BCUT2D eigenvalue weighted by Crippen LogP contribution is 2.17. The number of nitrogens with zero attached hydrogens (tertiary/aromatic N) is 1. The van der Waals surface area contributed by atoms with E-state index in [1.54, 1.807) is 16.7 Å². The van der Waals surface area contributed by atoms with Crippen LogP contribution in [0.1, 0.15) is 37.0 Å². The minimum Gasteiger partial charge on any atom is -0.354 e. The van der Waals surface area contributed by atoms with Crippen LogP contribution in [0, 0.1) is 6.92 Å². The lowest BCUT2D eigenvalue weighted by Crippen LogP contribution is -2.48. The van der Waals surface area contributed by atoms with E-state index in [0.29, 0.717) is 18.8 Å². The van der Waals surface area contributed by atoms with Crippen LogP contribution in [0.15, 0.2) is 54.6 Å². The molecule has 0 unspecified atom stereocenters. The molecule has 0 aliphatic carbocycles. The third kappa shape index (κ3) is 6.71. The number of nitrogens with one attached hydrogen (secondary N) is 1. The first-order valence-corrected chi connectivity index (χ1v) is 10.9. The monoisotopic (exact) mass is 398 g/mol. The molecule has 1 atom stereocenters. The van der Waals surface area contributed by atoms with Gasteiger partial charge in [0.05, 0.1) is 5.75 Å². The summed E-state index contributed by atoms with van der Waals surface area (Å²) in [6.07, 6.45) is 0.872. The Morgan fingerprint density at radius 1 is 1.07 bits per heavy atom. The predicted octanol–water partition coefficient (Wildman–Crippen LogP) is 4.17. The SMILES string of the molecule is CCCNC(=O)[C@@H](C)N(Cc1ccccc1C)C(=O)CSCc1ccccc1. The van der Waals surface area contributed by atoms with Crippen molar-refractivity contribution in [1.29, 1.82) is 0 Å². The second kappa shape index (κ2) is 11.5. The molecule has 1 N–H and O–H groups in total. The lowest BCUT2D eigenvalue weighted by Gasteiger charge is -2.29. The molecule has 0 saturated heterocycles. The summed E-state index contributed by atoms with van der Waals surface area (Å²) in [4.78, 5) is 27.2. The van der Waals surface area contributed by atoms with E-state index in [1.807, 2.05) is 63.2 Å². The van der Waals surface area contributed by atoms with Crippen molar-refractivity contribution < 1.29 is 9.59 Å². The fraction of sp³-hybridized carbons (Fsp3) is 0.391. The Morgan fingerprint density at radius 2 is 1.75 bits per heavy atom. The van der Waals surface area contributed by atoms with Gasteiger partial charge in [0.25, 0.3) is 0 Å². The Bertz CT molecular complexity index is 764. The van der Waals surface area contributed by atoms with Crippen LogP contribution in [0.4, 0.5) is 0 Å². The normalized spacial score (nSPS) is 11.7. The number of hydrogen-bond acceptors (Lipinski definition) is 3. The molecule has 4 nitrogen and oxygen atoms in total. The maximum Gasteiger partial charge on any atom is 0.242 e. The number of amides is 2. The molecule has 2 aromatic carbocycles. The molecule has 0 spiro atoms. The number of rotatable bonds is 10. The zero-order valence-electron chi connectivity index (χ0n) is 17.0. The molecule has 0 bridgehead atoms. The lowest BCUT2D eigenvalue weighted by molar-refractivity contribution is -0.138. The van der Waals surface area contributed by atoms with Crippen LogP contribution in [-0.2, 0) is 21.9 Å². The Balaban J connectivity index is 2.06. The van der Waals surface area contributed by atoms with E-state index in [-0.39, 0.29) is 11.8 Å². The van der Waals surface area contributed by atoms with E-state index in [9.17, 15) is 9.59 Å². The molecule has 2 aromatic rings. The van der Waals surface area contributed by atoms with E-state index in [2.05, 4.69) is 17.4 Å². The fourth-order valence-electron chi connectivity index (χ4n) is 2.86. The van der Waals surface area contributed by atoms with Crippen LogP contribution in [0.5, 0.6) is 0 Å². The highest BCUT2D eigenvalue weighted by Gasteiger charge is 2.26. The van der Waals surface area contributed by atoms with Crippen LogP contribution < -0.4 is 5.32 Å². The zero-order valence-corrected chi connectivity index (χ0v) is 17.8. The van der Waals surface area contributed by atoms with Gasteiger partial charge in [0.1, 0.15) is 6.04 Å². The van der Waals surface area contributed by atoms with Gasteiger partial charge in [-0.3, -0.25) is 9.59 Å². The molecule has 0 fully saturated rings. The summed E-state index contributed by atoms with van der Waals surface area (Å²) in [5.74, 6) is 1.02. The van der Waals surface area contributed by atoms with Gasteiger partial charge in [-0.1, -0.05) is 61.5 Å². The van der Waals surface area contributed by atoms with Gasteiger partial charge in [-0.2, -0.15) is 0 Å². The molecule has 28 heavy (non-hydrogen) atoms. The number of benzene rings is 2. The molecule has 0 radical (unpaired) electrons. The molecule has 0 aliphatic heterocycles. The van der Waals surface area contributed by atoms with Crippen LogP contribution in [0.25, 0.3) is 0 Å². The minimum atomic E-state index is -0.504. The van der Waals surface area contributed by atoms with Crippen molar-refractivity contribution in [3.05, 3.63) is 71.3 Å². The highest BCUT2D eigenvalue weighted by molar-refractivity contribution is 7.99. The van der Waals surface area contributed by atoms with Gasteiger partial charge in [0.15, 0.2) is 0 Å². The van der Waals surface area contributed by atoms with Crippen LogP contribution in [0.3, 0.4) is 0 Å². The molecule has 2 amide bonds. The van der Waals surface area contributed by atoms with Crippen molar-refractivity contribution >= 4 is 23.6 Å². The Hall–Kier alpha value is -2.27. The van der Waals surface area contributed by atoms with E-state index < -0.39 is 6.04 Å². The van der Waals surface area contributed by atoms with Gasteiger partial charge < -0.3 is 10.2 Å². The Morgan fingerprint density at radius 3 is 2.43 bits per heavy atom. The molecule has 2 rings (SSSR count). The smallest absolute Gasteiger partial charge is 0.242 e. The first-order valence-electron chi connectivity index (χ1n) is 9.76. The molecule has 0 saturated carbocycles. The Labute approximate surface area is 172 Å². The van der Waals surface area contributed by atoms with Gasteiger partial charge in [-0.15, -0.1) is 11.8 Å². The van der Waals surface area contributed by atoms with Crippen LogP contribution >= 0.6 is 11.8 Å². The maximum atomic E-state index is 13.0. The first-order chi connectivity index (χ1) is 13.5. The molecule has 0 aromatic heterocycles. The number of hydrogen-bond donors (Lipinski definition) is 1. The van der Waals surface area contributed by atoms with Crippen molar-refractivity contribution in [2.45, 2.75) is 45.5 Å². The van der Waals surface area contributed by atoms with Gasteiger partial charge in [-0.25, -0.2) is 0 Å². The van der Waals surface area contributed by atoms with E-state index in [0.717, 1.165) is 23.3 Å². The third-order valence-corrected chi connectivity index (χ3v) is 5.64. The second-order valence-electron chi connectivity index (χ2n) is 6.89. The molecule has 0 aliphatic rings. The average molecular weight is 399 g/mol. The summed E-state index contributed by atoms with van der Waals surface area (Å²) < 4.78 is 0. The van der Waals surface area contributed by atoms with Crippen molar-refractivity contribution in [3.63, 3.8) is 0 Å². The van der Waals surface area contributed by atoms with Crippen LogP contribution in [-0.4, -0.2) is 35.1 Å². The summed E-state index contributed by atoms with van der Waals surface area (Å²) in [6, 6.07) is 17.6. The largest absolute Gasteiger partial charge is 0.354 e. The second-order valence-corrected chi connectivity index (χ2v) is 7.88. The number of aryl methyl sites for hydroxylation is 1. The molecule has 0 heterocycles. The summed E-state index contributed by atoms with van der Waals surface area (Å²) >= 11 is 1.58. The minimum absolute atomic E-state index is 0.0108. The summed E-state index contributed by atoms with van der Waals surface area (Å²) in [5.41, 5.74) is 3.39. The Kier molecular flexibility index (Phi) is 9.08. The topological polar surface area (TPSA) is 49.4 Å². The van der Waals surface area contributed by atoms with Crippen molar-refractivity contribution in [3.8, 4) is 0 Å².